The molecule has 1 aliphatic rings. The number of sulfonamides is 1. The van der Waals surface area contributed by atoms with E-state index in [-0.39, 0.29) is 11.5 Å². The molecule has 0 aromatic heterocycles. The molecular weight excluding hydrogens is 289 g/mol. The van der Waals surface area contributed by atoms with Crippen molar-refractivity contribution < 1.29 is 17.9 Å². The number of benzene rings is 1. The number of hydrogen-bond donors (Lipinski definition) is 2. The van der Waals surface area contributed by atoms with Gasteiger partial charge in [0.05, 0.1) is 6.61 Å². The minimum atomic E-state index is -3.82. The van der Waals surface area contributed by atoms with E-state index in [0.29, 0.717) is 18.0 Å². The van der Waals surface area contributed by atoms with Crippen molar-refractivity contribution in [2.75, 3.05) is 18.1 Å². The van der Waals surface area contributed by atoms with Gasteiger partial charge in [-0.15, -0.1) is 0 Å². The third kappa shape index (κ3) is 3.68. The number of thioether (sulfide) groups is 1. The lowest BCUT2D eigenvalue weighted by atomic mass is 10.1. The highest BCUT2D eigenvalue weighted by atomic mass is 32.2. The van der Waals surface area contributed by atoms with Crippen LogP contribution in [0.1, 0.15) is 12.0 Å². The molecule has 0 amide bonds. The van der Waals surface area contributed by atoms with Crippen molar-refractivity contribution in [1.82, 2.24) is 4.72 Å². The molecule has 1 saturated heterocycles. The quantitative estimate of drug-likeness (QED) is 0.862. The standard InChI is InChI=1S/C12H16FNO3S2/c13-11-5-9(7-15)1-2-12(11)19(16,17)14-6-10-3-4-18-8-10/h1-2,5,10,14-15H,3-4,6-8H2. The maximum Gasteiger partial charge on any atom is 0.243 e. The summed E-state index contributed by atoms with van der Waals surface area (Å²) in [7, 11) is -3.82. The summed E-state index contributed by atoms with van der Waals surface area (Å²) in [6, 6.07) is 3.63. The molecule has 106 valence electrons. The molecule has 7 heteroatoms. The second-order valence-electron chi connectivity index (χ2n) is 4.50. The average Bonchev–Trinajstić information content (AvgIpc) is 2.89. The van der Waals surface area contributed by atoms with E-state index in [9.17, 15) is 12.8 Å². The predicted molar refractivity (Wildman–Crippen MR) is 72.9 cm³/mol. The summed E-state index contributed by atoms with van der Waals surface area (Å²) in [6.45, 7) is 0.0283. The van der Waals surface area contributed by atoms with Gasteiger partial charge in [0.15, 0.2) is 0 Å². The Morgan fingerprint density at radius 3 is 2.84 bits per heavy atom. The van der Waals surface area contributed by atoms with Gasteiger partial charge >= 0.3 is 0 Å². The van der Waals surface area contributed by atoms with Gasteiger partial charge in [0.25, 0.3) is 0 Å². The summed E-state index contributed by atoms with van der Waals surface area (Å²) in [6.07, 6.45) is 0.985. The minimum Gasteiger partial charge on any atom is -0.392 e. The number of nitrogens with one attached hydrogen (secondary N) is 1. The van der Waals surface area contributed by atoms with Gasteiger partial charge in [-0.3, -0.25) is 0 Å². The first kappa shape index (κ1) is 14.8. The zero-order valence-electron chi connectivity index (χ0n) is 10.3. The first-order valence-electron chi connectivity index (χ1n) is 5.99. The molecule has 4 nitrogen and oxygen atoms in total. The number of hydrogen-bond acceptors (Lipinski definition) is 4. The first-order valence-corrected chi connectivity index (χ1v) is 8.63. The van der Waals surface area contributed by atoms with Crippen LogP contribution in [-0.2, 0) is 16.6 Å². The van der Waals surface area contributed by atoms with Crippen LogP contribution in [0.4, 0.5) is 4.39 Å². The van der Waals surface area contributed by atoms with E-state index in [1.54, 1.807) is 11.8 Å². The van der Waals surface area contributed by atoms with E-state index in [2.05, 4.69) is 4.72 Å². The molecule has 1 aliphatic heterocycles. The van der Waals surface area contributed by atoms with Gasteiger partial charge in [-0.25, -0.2) is 17.5 Å². The Morgan fingerprint density at radius 1 is 1.47 bits per heavy atom. The van der Waals surface area contributed by atoms with Gasteiger partial charge in [-0.05, 0) is 41.5 Å². The van der Waals surface area contributed by atoms with Crippen molar-refractivity contribution in [3.8, 4) is 0 Å². The van der Waals surface area contributed by atoms with Crippen LogP contribution in [0, 0.1) is 11.7 Å². The average molecular weight is 305 g/mol. The molecule has 1 aromatic rings. The summed E-state index contributed by atoms with van der Waals surface area (Å²) < 4.78 is 40.1. The van der Waals surface area contributed by atoms with E-state index >= 15 is 0 Å². The molecular formula is C12H16FNO3S2. The molecule has 1 aromatic carbocycles. The van der Waals surface area contributed by atoms with Crippen molar-refractivity contribution in [3.05, 3.63) is 29.6 Å². The number of aliphatic hydroxyl groups is 1. The summed E-state index contributed by atoms with van der Waals surface area (Å²) in [5.74, 6) is 1.47. The molecule has 0 saturated carbocycles. The number of aliphatic hydroxyl groups excluding tert-OH is 1. The monoisotopic (exact) mass is 305 g/mol. The van der Waals surface area contributed by atoms with E-state index in [4.69, 9.17) is 5.11 Å². The van der Waals surface area contributed by atoms with Crippen LogP contribution in [0.5, 0.6) is 0 Å². The Balaban J connectivity index is 2.10. The number of rotatable bonds is 5. The predicted octanol–water partition coefficient (Wildman–Crippen LogP) is 1.35. The van der Waals surface area contributed by atoms with Gasteiger partial charge in [-0.1, -0.05) is 6.07 Å². The van der Waals surface area contributed by atoms with Crippen molar-refractivity contribution >= 4 is 21.8 Å². The van der Waals surface area contributed by atoms with Crippen molar-refractivity contribution in [1.29, 1.82) is 0 Å². The molecule has 0 bridgehead atoms. The Morgan fingerprint density at radius 2 is 2.26 bits per heavy atom. The zero-order valence-corrected chi connectivity index (χ0v) is 11.9. The highest BCUT2D eigenvalue weighted by Crippen LogP contribution is 2.23. The Bertz CT molecular complexity index is 542. The fraction of sp³-hybridized carbons (Fsp3) is 0.500. The van der Waals surface area contributed by atoms with Crippen LogP contribution in [0.3, 0.4) is 0 Å². The molecule has 0 spiro atoms. The van der Waals surface area contributed by atoms with Crippen LogP contribution in [0.2, 0.25) is 0 Å². The molecule has 1 atom stereocenters. The third-order valence-electron chi connectivity index (χ3n) is 3.05. The molecule has 1 heterocycles. The van der Waals surface area contributed by atoms with Crippen molar-refractivity contribution in [3.63, 3.8) is 0 Å². The maximum atomic E-state index is 13.7. The van der Waals surface area contributed by atoms with Gasteiger partial charge < -0.3 is 5.11 Å². The molecule has 0 aliphatic carbocycles. The molecule has 2 N–H and O–H groups in total. The van der Waals surface area contributed by atoms with Crippen molar-refractivity contribution in [2.24, 2.45) is 5.92 Å². The minimum absolute atomic E-state index is 0.316. The van der Waals surface area contributed by atoms with Crippen LogP contribution < -0.4 is 4.72 Å². The Labute approximate surface area is 116 Å². The van der Waals surface area contributed by atoms with Gasteiger partial charge in [0, 0.05) is 6.54 Å². The second-order valence-corrected chi connectivity index (χ2v) is 7.39. The first-order chi connectivity index (χ1) is 9.03. The Kier molecular flexibility index (Phi) is 4.83. The van der Waals surface area contributed by atoms with Crippen LogP contribution in [0.15, 0.2) is 23.1 Å². The molecule has 1 fully saturated rings. The summed E-state index contributed by atoms with van der Waals surface area (Å²) in [4.78, 5) is -0.365. The second kappa shape index (κ2) is 6.21. The van der Waals surface area contributed by atoms with Gasteiger partial charge in [0.2, 0.25) is 10.0 Å². The van der Waals surface area contributed by atoms with Gasteiger partial charge in [0.1, 0.15) is 10.7 Å². The highest BCUT2D eigenvalue weighted by molar-refractivity contribution is 7.99. The molecule has 2 rings (SSSR count). The zero-order chi connectivity index (χ0) is 13.9. The lowest BCUT2D eigenvalue weighted by Gasteiger charge is -2.11. The summed E-state index contributed by atoms with van der Waals surface area (Å²) in [5, 5.41) is 8.87. The van der Waals surface area contributed by atoms with E-state index in [1.807, 2.05) is 0 Å². The van der Waals surface area contributed by atoms with E-state index in [1.165, 1.54) is 12.1 Å². The maximum absolute atomic E-state index is 13.7. The van der Waals surface area contributed by atoms with Crippen LogP contribution in [0.25, 0.3) is 0 Å². The van der Waals surface area contributed by atoms with E-state index in [0.717, 1.165) is 24.0 Å². The summed E-state index contributed by atoms with van der Waals surface area (Å²) in [5.41, 5.74) is 0.351. The number of halogens is 1. The Hall–Kier alpha value is -0.630. The molecule has 19 heavy (non-hydrogen) atoms. The third-order valence-corrected chi connectivity index (χ3v) is 5.74. The van der Waals surface area contributed by atoms with Crippen molar-refractivity contribution in [2.45, 2.75) is 17.9 Å². The van der Waals surface area contributed by atoms with E-state index < -0.39 is 15.8 Å². The largest absolute Gasteiger partial charge is 0.392 e. The van der Waals surface area contributed by atoms with Crippen LogP contribution in [-0.4, -0.2) is 31.6 Å². The normalized spacial score (nSPS) is 19.8. The topological polar surface area (TPSA) is 66.4 Å². The highest BCUT2D eigenvalue weighted by Gasteiger charge is 2.22. The fourth-order valence-corrected chi connectivity index (χ4v) is 4.37. The van der Waals surface area contributed by atoms with Gasteiger partial charge in [-0.2, -0.15) is 11.8 Å². The summed E-state index contributed by atoms with van der Waals surface area (Å²) >= 11 is 1.80. The lowest BCUT2D eigenvalue weighted by molar-refractivity contribution is 0.281. The smallest absolute Gasteiger partial charge is 0.243 e. The fourth-order valence-electron chi connectivity index (χ4n) is 1.91. The SMILES string of the molecule is O=S(=O)(NCC1CCSC1)c1ccc(CO)cc1F. The molecule has 0 radical (unpaired) electrons. The molecule has 1 unspecified atom stereocenters. The van der Waals surface area contributed by atoms with Crippen LogP contribution >= 0.6 is 11.8 Å². The lowest BCUT2D eigenvalue weighted by Crippen LogP contribution is -2.30.